The van der Waals surface area contributed by atoms with Crippen molar-refractivity contribution in [3.8, 4) is 5.75 Å². The van der Waals surface area contributed by atoms with Crippen molar-refractivity contribution in [3.63, 3.8) is 0 Å². The van der Waals surface area contributed by atoms with E-state index in [1.165, 1.54) is 43.2 Å². The molecule has 0 radical (unpaired) electrons. The summed E-state index contributed by atoms with van der Waals surface area (Å²) in [5.74, 6) is 2.60. The number of benzene rings is 1. The summed E-state index contributed by atoms with van der Waals surface area (Å²) >= 11 is 1.60. The van der Waals surface area contributed by atoms with Crippen LogP contribution in [0.25, 0.3) is 0 Å². The standard InChI is InChI=1S/C20H26O2S/c1-12(21)23-19-8-7-18-17-5-3-13-11-14(22)4-6-15(13)16(17)9-10-20(18,19)2/h4,6,11,16-19,22H,3,5,7-10H2,1-2H3/t16-,17-,18+,19+,20+/m1/s1. The van der Waals surface area contributed by atoms with Crippen LogP contribution in [0.4, 0.5) is 0 Å². The topological polar surface area (TPSA) is 37.3 Å². The van der Waals surface area contributed by atoms with Crippen LogP contribution < -0.4 is 0 Å². The van der Waals surface area contributed by atoms with Crippen molar-refractivity contribution in [1.29, 1.82) is 0 Å². The minimum absolute atomic E-state index is 0.281. The number of carbonyl (C=O) groups is 1. The van der Waals surface area contributed by atoms with E-state index in [0.717, 1.165) is 18.3 Å². The number of phenols is 1. The van der Waals surface area contributed by atoms with E-state index >= 15 is 0 Å². The van der Waals surface area contributed by atoms with Gasteiger partial charge in [0.25, 0.3) is 0 Å². The van der Waals surface area contributed by atoms with Gasteiger partial charge in [-0.2, -0.15) is 0 Å². The summed E-state index contributed by atoms with van der Waals surface area (Å²) in [6.45, 7) is 4.17. The number of phenolic OH excluding ortho intramolecular Hbond substituents is 1. The zero-order chi connectivity index (χ0) is 16.2. The second kappa shape index (κ2) is 5.54. The van der Waals surface area contributed by atoms with Crippen LogP contribution in [-0.4, -0.2) is 15.5 Å². The van der Waals surface area contributed by atoms with Gasteiger partial charge in [-0.25, -0.2) is 0 Å². The normalized spacial score (nSPS) is 38.5. The molecule has 3 heteroatoms. The van der Waals surface area contributed by atoms with Crippen molar-refractivity contribution in [3.05, 3.63) is 29.3 Å². The Morgan fingerprint density at radius 1 is 1.26 bits per heavy atom. The Hall–Kier alpha value is -0.960. The maximum Gasteiger partial charge on any atom is 0.186 e. The molecule has 1 aromatic rings. The predicted molar refractivity (Wildman–Crippen MR) is 94.8 cm³/mol. The number of aromatic hydroxyl groups is 1. The lowest BCUT2D eigenvalue weighted by Crippen LogP contribution is -2.43. The van der Waals surface area contributed by atoms with Gasteiger partial charge < -0.3 is 5.11 Å². The van der Waals surface area contributed by atoms with Gasteiger partial charge in [0.05, 0.1) is 0 Å². The summed E-state index contributed by atoms with van der Waals surface area (Å²) < 4.78 is 0. The van der Waals surface area contributed by atoms with Crippen molar-refractivity contribution < 1.29 is 9.90 Å². The third-order valence-electron chi connectivity index (χ3n) is 6.93. The lowest BCUT2D eigenvalue weighted by atomic mass is 9.56. The van der Waals surface area contributed by atoms with Gasteiger partial charge in [0.1, 0.15) is 5.75 Å². The molecule has 0 heterocycles. The van der Waals surface area contributed by atoms with Crippen LogP contribution in [0.2, 0.25) is 0 Å². The molecular weight excluding hydrogens is 304 g/mol. The molecule has 0 amide bonds. The van der Waals surface area contributed by atoms with Crippen LogP contribution >= 0.6 is 11.8 Å². The van der Waals surface area contributed by atoms with Crippen LogP contribution in [0.5, 0.6) is 5.75 Å². The average molecular weight is 330 g/mol. The molecule has 0 aromatic heterocycles. The first-order valence-corrected chi connectivity index (χ1v) is 9.86. The molecule has 0 spiro atoms. The highest BCUT2D eigenvalue weighted by Crippen LogP contribution is 2.63. The monoisotopic (exact) mass is 330 g/mol. The van der Waals surface area contributed by atoms with Crippen molar-refractivity contribution in [2.45, 2.75) is 63.5 Å². The summed E-state index contributed by atoms with van der Waals surface area (Å²) in [5.41, 5.74) is 3.19. The second-order valence-corrected chi connectivity index (χ2v) is 9.40. The average Bonchev–Trinajstić information content (AvgIpc) is 2.83. The van der Waals surface area contributed by atoms with Gasteiger partial charge in [-0.3, -0.25) is 4.79 Å². The van der Waals surface area contributed by atoms with Gasteiger partial charge in [-0.1, -0.05) is 24.8 Å². The molecule has 2 fully saturated rings. The van der Waals surface area contributed by atoms with Crippen molar-refractivity contribution in [2.24, 2.45) is 17.3 Å². The fourth-order valence-electron chi connectivity index (χ4n) is 5.91. The Kier molecular flexibility index (Phi) is 3.75. The number of rotatable bonds is 1. The molecular formula is C20H26O2S. The number of carbonyl (C=O) groups excluding carboxylic acids is 1. The predicted octanol–water partition coefficient (Wildman–Crippen LogP) is 4.90. The van der Waals surface area contributed by atoms with E-state index in [-0.39, 0.29) is 5.12 Å². The second-order valence-electron chi connectivity index (χ2n) is 8.02. The number of hydrogen-bond acceptors (Lipinski definition) is 3. The van der Waals surface area contributed by atoms with E-state index in [0.29, 0.717) is 22.3 Å². The van der Waals surface area contributed by atoms with Crippen LogP contribution in [0.3, 0.4) is 0 Å². The van der Waals surface area contributed by atoms with Gasteiger partial charge in [0.15, 0.2) is 5.12 Å². The number of aryl methyl sites for hydroxylation is 1. The smallest absolute Gasteiger partial charge is 0.186 e. The highest BCUT2D eigenvalue weighted by Gasteiger charge is 2.55. The Balaban J connectivity index is 1.63. The number of fused-ring (bicyclic) bond motifs is 5. The van der Waals surface area contributed by atoms with Crippen LogP contribution in [0.15, 0.2) is 18.2 Å². The van der Waals surface area contributed by atoms with E-state index in [4.69, 9.17) is 0 Å². The summed E-state index contributed by atoms with van der Waals surface area (Å²) in [6.07, 6.45) is 7.32. The van der Waals surface area contributed by atoms with E-state index in [1.54, 1.807) is 18.7 Å². The molecule has 0 aliphatic heterocycles. The highest BCUT2D eigenvalue weighted by molar-refractivity contribution is 8.14. The molecule has 0 saturated heterocycles. The third kappa shape index (κ3) is 2.43. The molecule has 2 nitrogen and oxygen atoms in total. The summed E-state index contributed by atoms with van der Waals surface area (Å²) in [4.78, 5) is 11.6. The largest absolute Gasteiger partial charge is 0.508 e. The molecule has 1 aromatic carbocycles. The number of hydrogen-bond donors (Lipinski definition) is 1. The van der Waals surface area contributed by atoms with E-state index in [2.05, 4.69) is 13.0 Å². The van der Waals surface area contributed by atoms with Gasteiger partial charge >= 0.3 is 0 Å². The quantitative estimate of drug-likeness (QED) is 0.796. The summed E-state index contributed by atoms with van der Waals surface area (Å²) in [7, 11) is 0. The van der Waals surface area contributed by atoms with Crippen LogP contribution in [-0.2, 0) is 11.2 Å². The fraction of sp³-hybridized carbons (Fsp3) is 0.650. The van der Waals surface area contributed by atoms with Gasteiger partial charge in [-0.15, -0.1) is 0 Å². The van der Waals surface area contributed by atoms with E-state index < -0.39 is 0 Å². The fourth-order valence-corrected chi connectivity index (χ4v) is 7.13. The minimum atomic E-state index is 0.281. The van der Waals surface area contributed by atoms with E-state index in [9.17, 15) is 9.90 Å². The Morgan fingerprint density at radius 2 is 2.09 bits per heavy atom. The Morgan fingerprint density at radius 3 is 2.87 bits per heavy atom. The zero-order valence-corrected chi connectivity index (χ0v) is 14.9. The van der Waals surface area contributed by atoms with Crippen molar-refractivity contribution in [1.82, 2.24) is 0 Å². The Labute approximate surface area is 143 Å². The molecule has 23 heavy (non-hydrogen) atoms. The zero-order valence-electron chi connectivity index (χ0n) is 14.0. The molecule has 1 N–H and O–H groups in total. The molecule has 3 aliphatic rings. The molecule has 2 saturated carbocycles. The molecule has 3 aliphatic carbocycles. The maximum absolute atomic E-state index is 11.6. The van der Waals surface area contributed by atoms with Crippen LogP contribution in [0.1, 0.15) is 63.0 Å². The first-order chi connectivity index (χ1) is 11.0. The molecule has 124 valence electrons. The Bertz CT molecular complexity index is 641. The van der Waals surface area contributed by atoms with Gasteiger partial charge in [0, 0.05) is 12.2 Å². The molecule has 5 atom stereocenters. The van der Waals surface area contributed by atoms with E-state index in [1.807, 2.05) is 12.1 Å². The molecule has 0 unspecified atom stereocenters. The summed E-state index contributed by atoms with van der Waals surface area (Å²) in [5, 5.41) is 10.6. The minimum Gasteiger partial charge on any atom is -0.508 e. The lowest BCUT2D eigenvalue weighted by Gasteiger charge is -2.50. The third-order valence-corrected chi connectivity index (χ3v) is 8.32. The first kappa shape index (κ1) is 15.6. The van der Waals surface area contributed by atoms with Crippen LogP contribution in [0, 0.1) is 17.3 Å². The first-order valence-electron chi connectivity index (χ1n) is 8.98. The molecule has 0 bridgehead atoms. The highest BCUT2D eigenvalue weighted by atomic mass is 32.2. The number of thioether (sulfide) groups is 1. The SMILES string of the molecule is CC(=O)S[C@H]1CC[C@H]2[C@@H]3CCc4cc(O)ccc4[C@H]3CC[C@]12C. The summed E-state index contributed by atoms with van der Waals surface area (Å²) in [6, 6.07) is 6.00. The van der Waals surface area contributed by atoms with Gasteiger partial charge in [-0.05, 0) is 85.0 Å². The van der Waals surface area contributed by atoms with Crippen molar-refractivity contribution >= 4 is 16.9 Å². The van der Waals surface area contributed by atoms with Crippen molar-refractivity contribution in [2.75, 3.05) is 0 Å². The van der Waals surface area contributed by atoms with Gasteiger partial charge in [0.2, 0.25) is 0 Å². The maximum atomic E-state index is 11.6. The lowest BCUT2D eigenvalue weighted by molar-refractivity contribution is -0.109. The molecule has 4 rings (SSSR count).